The maximum absolute atomic E-state index is 12.5. The Morgan fingerprint density at radius 3 is 2.58 bits per heavy atom. The first kappa shape index (κ1) is 27.7. The summed E-state index contributed by atoms with van der Waals surface area (Å²) in [7, 11) is 0. The number of imidazole rings is 1. The van der Waals surface area contributed by atoms with Crippen LogP contribution < -0.4 is 10.1 Å². The number of halogens is 1. The normalized spacial score (nSPS) is 11.2. The van der Waals surface area contributed by atoms with Gasteiger partial charge in [-0.05, 0) is 94.0 Å². The number of amides is 1. The SMILES string of the molecule is Cc1ccc(C(=O)NCCCCCc2nc3ccccc3n2CCCCOc2ccc(Cl)c(C)c2)c(C)c1. The zero-order valence-electron chi connectivity index (χ0n) is 22.7. The molecule has 1 N–H and O–H groups in total. The molecule has 0 spiro atoms. The number of hydrogen-bond donors (Lipinski definition) is 1. The third-order valence-electron chi connectivity index (χ3n) is 6.90. The summed E-state index contributed by atoms with van der Waals surface area (Å²) in [5, 5.41) is 3.83. The molecule has 0 aliphatic carbocycles. The van der Waals surface area contributed by atoms with E-state index in [2.05, 4.69) is 34.1 Å². The van der Waals surface area contributed by atoms with Crippen molar-refractivity contribution in [3.63, 3.8) is 0 Å². The van der Waals surface area contributed by atoms with E-state index in [0.717, 1.165) is 83.9 Å². The number of nitrogens with zero attached hydrogens (tertiary/aromatic N) is 2. The number of unbranched alkanes of at least 4 members (excludes halogenated alkanes) is 3. The molecule has 0 atom stereocenters. The molecular weight excluding hydrogens is 494 g/mol. The maximum atomic E-state index is 12.5. The van der Waals surface area contributed by atoms with Crippen LogP contribution in [-0.2, 0) is 13.0 Å². The Morgan fingerprint density at radius 1 is 0.921 bits per heavy atom. The molecule has 0 unspecified atom stereocenters. The number of rotatable bonds is 13. The number of benzene rings is 3. The van der Waals surface area contributed by atoms with Crippen molar-refractivity contribution in [3.8, 4) is 5.75 Å². The van der Waals surface area contributed by atoms with Crippen molar-refractivity contribution in [1.29, 1.82) is 0 Å². The van der Waals surface area contributed by atoms with Crippen LogP contribution in [0.1, 0.15) is 65.0 Å². The fourth-order valence-corrected chi connectivity index (χ4v) is 4.90. The minimum Gasteiger partial charge on any atom is -0.494 e. The third-order valence-corrected chi connectivity index (χ3v) is 7.32. The van der Waals surface area contributed by atoms with Crippen LogP contribution in [0.5, 0.6) is 5.75 Å². The van der Waals surface area contributed by atoms with E-state index >= 15 is 0 Å². The van der Waals surface area contributed by atoms with Crippen molar-refractivity contribution in [1.82, 2.24) is 14.9 Å². The van der Waals surface area contributed by atoms with Crippen molar-refractivity contribution >= 4 is 28.5 Å². The number of ether oxygens (including phenoxy) is 1. The summed E-state index contributed by atoms with van der Waals surface area (Å²) in [6.07, 6.45) is 5.96. The summed E-state index contributed by atoms with van der Waals surface area (Å²) in [6.45, 7) is 8.31. The lowest BCUT2D eigenvalue weighted by molar-refractivity contribution is 0.0952. The number of carbonyl (C=O) groups is 1. The molecule has 1 amide bonds. The summed E-state index contributed by atoms with van der Waals surface area (Å²) in [5.41, 5.74) is 6.23. The van der Waals surface area contributed by atoms with Crippen molar-refractivity contribution in [3.05, 3.63) is 93.8 Å². The van der Waals surface area contributed by atoms with Gasteiger partial charge in [0.15, 0.2) is 0 Å². The van der Waals surface area contributed by atoms with Gasteiger partial charge in [-0.25, -0.2) is 4.98 Å². The van der Waals surface area contributed by atoms with Gasteiger partial charge >= 0.3 is 0 Å². The highest BCUT2D eigenvalue weighted by atomic mass is 35.5. The van der Waals surface area contributed by atoms with Gasteiger partial charge < -0.3 is 14.6 Å². The summed E-state index contributed by atoms with van der Waals surface area (Å²) in [6, 6.07) is 20.1. The van der Waals surface area contributed by atoms with Crippen LogP contribution >= 0.6 is 11.6 Å². The lowest BCUT2D eigenvalue weighted by Gasteiger charge is -2.11. The minimum absolute atomic E-state index is 0.0134. The molecule has 200 valence electrons. The second-order valence-electron chi connectivity index (χ2n) is 10.0. The predicted octanol–water partition coefficient (Wildman–Crippen LogP) is 7.62. The van der Waals surface area contributed by atoms with E-state index in [1.54, 1.807) is 0 Å². The molecule has 0 aliphatic rings. The highest BCUT2D eigenvalue weighted by Crippen LogP contribution is 2.22. The molecule has 0 saturated carbocycles. The molecule has 0 saturated heterocycles. The van der Waals surface area contributed by atoms with Gasteiger partial charge in [0.25, 0.3) is 5.91 Å². The smallest absolute Gasteiger partial charge is 0.251 e. The lowest BCUT2D eigenvalue weighted by atomic mass is 10.1. The maximum Gasteiger partial charge on any atom is 0.251 e. The number of carbonyl (C=O) groups excluding carboxylic acids is 1. The standard InChI is InChI=1S/C32H38ClN3O2/c1-23-14-16-27(24(2)21-23)32(37)34-18-8-4-5-13-31-35-29-11-6-7-12-30(29)36(31)19-9-10-20-38-26-15-17-28(33)25(3)22-26/h6-7,11-12,14-17,21-22H,4-5,8-10,13,18-20H2,1-3H3,(H,34,37). The van der Waals surface area contributed by atoms with E-state index in [1.165, 1.54) is 11.1 Å². The average Bonchev–Trinajstić information content (AvgIpc) is 3.25. The fourth-order valence-electron chi connectivity index (χ4n) is 4.79. The van der Waals surface area contributed by atoms with Gasteiger partial charge in [-0.15, -0.1) is 0 Å². The van der Waals surface area contributed by atoms with Crippen LogP contribution in [0.4, 0.5) is 0 Å². The lowest BCUT2D eigenvalue weighted by Crippen LogP contribution is -2.25. The van der Waals surface area contributed by atoms with Gasteiger partial charge in [0.1, 0.15) is 11.6 Å². The monoisotopic (exact) mass is 531 g/mol. The second-order valence-corrected chi connectivity index (χ2v) is 10.4. The Hall–Kier alpha value is -3.31. The number of fused-ring (bicyclic) bond motifs is 1. The molecule has 6 heteroatoms. The predicted molar refractivity (Wildman–Crippen MR) is 156 cm³/mol. The van der Waals surface area contributed by atoms with Gasteiger partial charge in [-0.2, -0.15) is 0 Å². The number of nitrogens with one attached hydrogen (secondary N) is 1. The molecule has 0 bridgehead atoms. The topological polar surface area (TPSA) is 56.2 Å². The Bertz CT molecular complexity index is 1380. The fraction of sp³-hybridized carbons (Fsp3) is 0.375. The van der Waals surface area contributed by atoms with Crippen LogP contribution in [0.15, 0.2) is 60.7 Å². The highest BCUT2D eigenvalue weighted by molar-refractivity contribution is 6.31. The molecule has 1 heterocycles. The molecule has 4 aromatic rings. The highest BCUT2D eigenvalue weighted by Gasteiger charge is 2.11. The molecule has 5 nitrogen and oxygen atoms in total. The molecule has 3 aromatic carbocycles. The summed E-state index contributed by atoms with van der Waals surface area (Å²) >= 11 is 6.11. The largest absolute Gasteiger partial charge is 0.494 e. The van der Waals surface area contributed by atoms with Crippen molar-refractivity contribution < 1.29 is 9.53 Å². The minimum atomic E-state index is 0.0134. The first-order chi connectivity index (χ1) is 18.4. The van der Waals surface area contributed by atoms with Crippen molar-refractivity contribution in [2.24, 2.45) is 0 Å². The van der Waals surface area contributed by atoms with E-state index in [1.807, 2.05) is 57.2 Å². The zero-order valence-corrected chi connectivity index (χ0v) is 23.5. The van der Waals surface area contributed by atoms with E-state index in [0.29, 0.717) is 13.2 Å². The van der Waals surface area contributed by atoms with E-state index in [4.69, 9.17) is 21.3 Å². The molecule has 1 aromatic heterocycles. The van der Waals surface area contributed by atoms with E-state index in [9.17, 15) is 4.79 Å². The van der Waals surface area contributed by atoms with Crippen LogP contribution in [0, 0.1) is 20.8 Å². The number of hydrogen-bond acceptors (Lipinski definition) is 3. The Labute approximate surface area is 231 Å². The number of aromatic nitrogens is 2. The number of para-hydroxylation sites is 2. The summed E-state index contributed by atoms with van der Waals surface area (Å²) in [4.78, 5) is 17.4. The van der Waals surface area contributed by atoms with Crippen LogP contribution in [-0.4, -0.2) is 28.6 Å². The van der Waals surface area contributed by atoms with Gasteiger partial charge in [0.2, 0.25) is 0 Å². The molecule has 38 heavy (non-hydrogen) atoms. The third kappa shape index (κ3) is 7.38. The van der Waals surface area contributed by atoms with E-state index < -0.39 is 0 Å². The van der Waals surface area contributed by atoms with Gasteiger partial charge in [0, 0.05) is 30.1 Å². The Morgan fingerprint density at radius 2 is 1.76 bits per heavy atom. The first-order valence-electron chi connectivity index (χ1n) is 13.6. The molecular formula is C32H38ClN3O2. The zero-order chi connectivity index (χ0) is 26.9. The molecule has 4 rings (SSSR count). The van der Waals surface area contributed by atoms with Crippen LogP contribution in [0.3, 0.4) is 0 Å². The molecule has 0 radical (unpaired) electrons. The Balaban J connectivity index is 1.22. The van der Waals surface area contributed by atoms with Crippen molar-refractivity contribution in [2.75, 3.05) is 13.2 Å². The van der Waals surface area contributed by atoms with Gasteiger partial charge in [0.05, 0.1) is 17.6 Å². The summed E-state index contributed by atoms with van der Waals surface area (Å²) < 4.78 is 8.29. The average molecular weight is 532 g/mol. The van der Waals surface area contributed by atoms with Crippen molar-refractivity contribution in [2.45, 2.75) is 65.8 Å². The second kappa shape index (κ2) is 13.5. The van der Waals surface area contributed by atoms with Crippen LogP contribution in [0.2, 0.25) is 5.02 Å². The first-order valence-corrected chi connectivity index (χ1v) is 14.0. The van der Waals surface area contributed by atoms with Gasteiger partial charge in [-0.1, -0.05) is 47.9 Å². The van der Waals surface area contributed by atoms with E-state index in [-0.39, 0.29) is 5.91 Å². The van der Waals surface area contributed by atoms with Crippen LogP contribution in [0.25, 0.3) is 11.0 Å². The Kier molecular flexibility index (Phi) is 9.83. The quantitative estimate of drug-likeness (QED) is 0.180. The summed E-state index contributed by atoms with van der Waals surface area (Å²) in [5.74, 6) is 2.02. The molecule has 0 aliphatic heterocycles. The molecule has 0 fully saturated rings. The van der Waals surface area contributed by atoms with Gasteiger partial charge in [-0.3, -0.25) is 4.79 Å². The number of aryl methyl sites for hydroxylation is 5.